The molecular weight excluding hydrogens is 486 g/mol. The maximum Gasteiger partial charge on any atom is 0.296 e. The zero-order valence-electron chi connectivity index (χ0n) is 21.3. The number of likely N-dealkylation sites (tertiary alicyclic amines) is 1. The Morgan fingerprint density at radius 1 is 1.16 bits per heavy atom. The highest BCUT2D eigenvalue weighted by molar-refractivity contribution is 6.46. The standard InChI is InChI=1S/C30H29NO7/c1-4-12-37-24-11-8-19(16-25(24)35-5-2)27-26(29(33)30(34)31(27)17-22-7-6-13-36-22)28(32)20-9-10-23-21(15-20)14-18(3)38-23/h4,6-11,13,15-16,18,27,32H,1,5,12,14,17H2,2-3H3/t18-,27+/m0/s1. The van der Waals surface area contributed by atoms with Crippen molar-refractivity contribution in [3.05, 3.63) is 95.5 Å². The molecule has 38 heavy (non-hydrogen) atoms. The zero-order valence-corrected chi connectivity index (χ0v) is 21.3. The van der Waals surface area contributed by atoms with Gasteiger partial charge in [-0.15, -0.1) is 0 Å². The van der Waals surface area contributed by atoms with Crippen molar-refractivity contribution in [2.75, 3.05) is 13.2 Å². The van der Waals surface area contributed by atoms with Crippen molar-refractivity contribution in [1.29, 1.82) is 0 Å². The molecule has 0 bridgehead atoms. The van der Waals surface area contributed by atoms with E-state index in [1.165, 1.54) is 11.2 Å². The second-order valence-electron chi connectivity index (χ2n) is 9.20. The van der Waals surface area contributed by atoms with E-state index in [2.05, 4.69) is 6.58 Å². The van der Waals surface area contributed by atoms with Crippen LogP contribution in [0.1, 0.15) is 42.3 Å². The average molecular weight is 516 g/mol. The van der Waals surface area contributed by atoms with Crippen molar-refractivity contribution in [3.8, 4) is 17.2 Å². The highest BCUT2D eigenvalue weighted by Gasteiger charge is 2.46. The van der Waals surface area contributed by atoms with Gasteiger partial charge in [-0.25, -0.2) is 0 Å². The monoisotopic (exact) mass is 515 g/mol. The highest BCUT2D eigenvalue weighted by atomic mass is 16.5. The minimum atomic E-state index is -0.879. The number of ether oxygens (including phenoxy) is 3. The van der Waals surface area contributed by atoms with Crippen LogP contribution >= 0.6 is 0 Å². The molecule has 0 saturated carbocycles. The van der Waals surface area contributed by atoms with E-state index in [1.807, 2.05) is 19.9 Å². The number of carbonyl (C=O) groups is 2. The fourth-order valence-corrected chi connectivity index (χ4v) is 4.92. The summed E-state index contributed by atoms with van der Waals surface area (Å²) >= 11 is 0. The fraction of sp³-hybridized carbons (Fsp3) is 0.267. The summed E-state index contributed by atoms with van der Waals surface area (Å²) in [6.45, 7) is 8.23. The lowest BCUT2D eigenvalue weighted by Crippen LogP contribution is -2.29. The minimum Gasteiger partial charge on any atom is -0.507 e. The Labute approximate surface area is 220 Å². The molecule has 2 aliphatic heterocycles. The van der Waals surface area contributed by atoms with Crippen LogP contribution < -0.4 is 14.2 Å². The Kier molecular flexibility index (Phi) is 6.96. The van der Waals surface area contributed by atoms with Gasteiger partial charge >= 0.3 is 0 Å². The van der Waals surface area contributed by atoms with Crippen molar-refractivity contribution in [2.24, 2.45) is 0 Å². The van der Waals surface area contributed by atoms with Crippen molar-refractivity contribution < 1.29 is 33.3 Å². The van der Waals surface area contributed by atoms with Crippen LogP contribution in [-0.4, -0.2) is 41.0 Å². The Morgan fingerprint density at radius 3 is 2.74 bits per heavy atom. The molecule has 1 aromatic heterocycles. The molecule has 1 amide bonds. The summed E-state index contributed by atoms with van der Waals surface area (Å²) < 4.78 is 22.8. The van der Waals surface area contributed by atoms with Gasteiger partial charge in [-0.1, -0.05) is 18.7 Å². The number of ketones is 1. The Balaban J connectivity index is 1.63. The lowest BCUT2D eigenvalue weighted by atomic mass is 9.94. The third-order valence-electron chi connectivity index (χ3n) is 6.56. The van der Waals surface area contributed by atoms with Gasteiger partial charge < -0.3 is 28.6 Å². The molecular formula is C30H29NO7. The molecule has 0 spiro atoms. The summed E-state index contributed by atoms with van der Waals surface area (Å²) in [4.78, 5) is 28.1. The molecule has 2 aliphatic rings. The van der Waals surface area contributed by atoms with Crippen molar-refractivity contribution in [3.63, 3.8) is 0 Å². The van der Waals surface area contributed by atoms with Crippen LogP contribution in [0.15, 0.2) is 77.4 Å². The molecule has 0 aliphatic carbocycles. The van der Waals surface area contributed by atoms with Crippen LogP contribution in [0, 0.1) is 0 Å². The van der Waals surface area contributed by atoms with Gasteiger partial charge in [0.15, 0.2) is 11.5 Å². The summed E-state index contributed by atoms with van der Waals surface area (Å²) in [5.41, 5.74) is 1.96. The van der Waals surface area contributed by atoms with E-state index in [4.69, 9.17) is 18.6 Å². The van der Waals surface area contributed by atoms with E-state index in [0.29, 0.717) is 41.4 Å². The number of benzene rings is 2. The summed E-state index contributed by atoms with van der Waals surface area (Å²) in [7, 11) is 0. The van der Waals surface area contributed by atoms with Gasteiger partial charge in [0, 0.05) is 12.0 Å². The van der Waals surface area contributed by atoms with Crippen LogP contribution in [0.2, 0.25) is 0 Å². The van der Waals surface area contributed by atoms with Crippen molar-refractivity contribution >= 4 is 17.4 Å². The number of furan rings is 1. The fourth-order valence-electron chi connectivity index (χ4n) is 4.92. The second-order valence-corrected chi connectivity index (χ2v) is 9.20. The Morgan fingerprint density at radius 2 is 2.00 bits per heavy atom. The van der Waals surface area contributed by atoms with E-state index >= 15 is 0 Å². The normalized spacial score (nSPS) is 19.8. The molecule has 1 N–H and O–H groups in total. The first kappa shape index (κ1) is 25.2. The molecule has 196 valence electrons. The SMILES string of the molecule is C=CCOc1ccc([C@@H]2C(=C(O)c3ccc4c(c3)C[C@H](C)O4)C(=O)C(=O)N2Cc2ccco2)cc1OCC. The molecule has 2 atom stereocenters. The molecule has 3 aromatic rings. The number of hydrogen-bond donors (Lipinski definition) is 1. The van der Waals surface area contributed by atoms with Gasteiger partial charge in [-0.3, -0.25) is 9.59 Å². The predicted molar refractivity (Wildman–Crippen MR) is 140 cm³/mol. The summed E-state index contributed by atoms with van der Waals surface area (Å²) in [5, 5.41) is 11.5. The first-order valence-corrected chi connectivity index (χ1v) is 12.5. The van der Waals surface area contributed by atoms with E-state index < -0.39 is 17.7 Å². The molecule has 1 saturated heterocycles. The first-order valence-electron chi connectivity index (χ1n) is 12.5. The van der Waals surface area contributed by atoms with E-state index in [0.717, 1.165) is 11.3 Å². The first-order chi connectivity index (χ1) is 18.4. The number of aliphatic hydroxyl groups is 1. The second kappa shape index (κ2) is 10.5. The molecule has 2 aromatic carbocycles. The Hall–Kier alpha value is -4.46. The number of Topliss-reactive ketones (excluding diaryl/α,β-unsaturated/α-hetero) is 1. The quantitative estimate of drug-likeness (QED) is 0.181. The number of fused-ring (bicyclic) bond motifs is 1. The minimum absolute atomic E-state index is 0.00400. The van der Waals surface area contributed by atoms with Crippen LogP contribution in [-0.2, 0) is 22.6 Å². The van der Waals surface area contributed by atoms with Crippen molar-refractivity contribution in [1.82, 2.24) is 4.90 Å². The van der Waals surface area contributed by atoms with E-state index in [9.17, 15) is 14.7 Å². The van der Waals surface area contributed by atoms with Gasteiger partial charge in [0.25, 0.3) is 11.7 Å². The average Bonchev–Trinajstić information content (AvgIpc) is 3.62. The number of amides is 1. The molecule has 8 heteroatoms. The molecule has 1 fully saturated rings. The molecule has 8 nitrogen and oxygen atoms in total. The maximum absolute atomic E-state index is 13.4. The van der Waals surface area contributed by atoms with Crippen LogP contribution in [0.5, 0.6) is 17.2 Å². The number of aliphatic hydroxyl groups excluding tert-OH is 1. The molecule has 0 unspecified atom stereocenters. The van der Waals surface area contributed by atoms with Crippen LogP contribution in [0.3, 0.4) is 0 Å². The van der Waals surface area contributed by atoms with E-state index in [1.54, 1.807) is 48.5 Å². The number of carbonyl (C=O) groups excluding carboxylic acids is 2. The topological polar surface area (TPSA) is 98.4 Å². The lowest BCUT2D eigenvalue weighted by molar-refractivity contribution is -0.140. The van der Waals surface area contributed by atoms with Crippen molar-refractivity contribution in [2.45, 2.75) is 39.0 Å². The number of hydrogen-bond acceptors (Lipinski definition) is 7. The Bertz CT molecular complexity index is 1410. The highest BCUT2D eigenvalue weighted by Crippen LogP contribution is 2.43. The predicted octanol–water partition coefficient (Wildman–Crippen LogP) is 5.19. The number of rotatable bonds is 9. The summed E-state index contributed by atoms with van der Waals surface area (Å²) in [6.07, 6.45) is 3.86. The van der Waals surface area contributed by atoms with Gasteiger partial charge in [-0.2, -0.15) is 0 Å². The third-order valence-corrected chi connectivity index (χ3v) is 6.56. The van der Waals surface area contributed by atoms with Crippen LogP contribution in [0.25, 0.3) is 5.76 Å². The molecule has 5 rings (SSSR count). The third kappa shape index (κ3) is 4.65. The van der Waals surface area contributed by atoms with Gasteiger partial charge in [-0.05, 0) is 67.4 Å². The summed E-state index contributed by atoms with van der Waals surface area (Å²) in [6, 6.07) is 13.1. The van der Waals surface area contributed by atoms with E-state index in [-0.39, 0.29) is 30.6 Å². The molecule has 3 heterocycles. The van der Waals surface area contributed by atoms with Gasteiger partial charge in [0.2, 0.25) is 0 Å². The van der Waals surface area contributed by atoms with Gasteiger partial charge in [0.1, 0.15) is 30.0 Å². The largest absolute Gasteiger partial charge is 0.507 e. The smallest absolute Gasteiger partial charge is 0.296 e. The maximum atomic E-state index is 13.4. The lowest BCUT2D eigenvalue weighted by Gasteiger charge is -2.25. The summed E-state index contributed by atoms with van der Waals surface area (Å²) in [5.74, 6) is 0.481. The molecule has 0 radical (unpaired) electrons. The zero-order chi connectivity index (χ0) is 26.8. The number of nitrogens with zero attached hydrogens (tertiary/aromatic N) is 1. The van der Waals surface area contributed by atoms with Gasteiger partial charge in [0.05, 0.1) is 31.0 Å². The van der Waals surface area contributed by atoms with Crippen LogP contribution in [0.4, 0.5) is 0 Å².